The third kappa shape index (κ3) is 4.53. The molecule has 0 saturated heterocycles. The number of rotatable bonds is 4. The average Bonchev–Trinajstić information content (AvgIpc) is 2.39. The van der Waals surface area contributed by atoms with Crippen LogP contribution in [0.4, 0.5) is 0 Å². The number of hydrogen-bond donors (Lipinski definition) is 0. The van der Waals surface area contributed by atoms with Crippen LogP contribution in [0.1, 0.15) is 16.7 Å². The van der Waals surface area contributed by atoms with E-state index in [1.807, 2.05) is 0 Å². The van der Waals surface area contributed by atoms with Crippen molar-refractivity contribution in [2.45, 2.75) is 26.1 Å². The van der Waals surface area contributed by atoms with Crippen LogP contribution in [0, 0.1) is 6.92 Å². The highest BCUT2D eigenvalue weighted by atomic mass is 28.3. The molecule has 2 aromatic carbocycles. The third-order valence-corrected chi connectivity index (χ3v) is 5.70. The average molecular weight is 266 g/mol. The van der Waals surface area contributed by atoms with Crippen molar-refractivity contribution in [1.29, 1.82) is 0 Å². The summed E-state index contributed by atoms with van der Waals surface area (Å²) in [7, 11) is -1.32. The molecule has 2 aromatic rings. The van der Waals surface area contributed by atoms with Crippen LogP contribution in [0.15, 0.2) is 60.3 Å². The summed E-state index contributed by atoms with van der Waals surface area (Å²) < 4.78 is 0. The second kappa shape index (κ2) is 6.03. The van der Waals surface area contributed by atoms with E-state index in [1.165, 1.54) is 22.7 Å². The van der Waals surface area contributed by atoms with Gasteiger partial charge in [0.1, 0.15) is 0 Å². The van der Waals surface area contributed by atoms with Crippen molar-refractivity contribution in [1.82, 2.24) is 0 Å². The predicted octanol–water partition coefficient (Wildman–Crippen LogP) is 5.04. The van der Waals surface area contributed by atoms with Gasteiger partial charge in [-0.3, -0.25) is 0 Å². The zero-order valence-corrected chi connectivity index (χ0v) is 13.1. The van der Waals surface area contributed by atoms with Gasteiger partial charge >= 0.3 is 0 Å². The Hall–Kier alpha value is -1.60. The zero-order chi connectivity index (χ0) is 13.7. The Bertz CT molecular complexity index is 536. The quantitative estimate of drug-likeness (QED) is 0.680. The molecule has 0 aliphatic carbocycles. The lowest BCUT2D eigenvalue weighted by Crippen LogP contribution is -2.26. The number of hydrogen-bond acceptors (Lipinski definition) is 0. The fraction of sp³-hybridized carbons (Fsp3) is 0.222. The van der Waals surface area contributed by atoms with Gasteiger partial charge in [-0.2, -0.15) is 0 Å². The van der Waals surface area contributed by atoms with E-state index in [1.54, 1.807) is 0 Å². The minimum atomic E-state index is -1.32. The van der Waals surface area contributed by atoms with Crippen molar-refractivity contribution in [3.63, 3.8) is 0 Å². The van der Waals surface area contributed by atoms with Gasteiger partial charge < -0.3 is 0 Å². The molecule has 0 heterocycles. The molecular formula is C18H22Si. The van der Waals surface area contributed by atoms with Crippen molar-refractivity contribution in [2.75, 3.05) is 0 Å². The topological polar surface area (TPSA) is 0 Å². The standard InChI is InChI=1S/C18H22Si/c1-16-9-11-17(12-10-16)13-14-19(2,3)15-18-7-5-4-6-8-18/h4-14H,15H2,1-3H3/b14-13+. The molecule has 0 aliphatic rings. The molecule has 0 bridgehead atoms. The van der Waals surface area contributed by atoms with Crippen LogP contribution in [0.2, 0.25) is 13.1 Å². The second-order valence-electron chi connectivity index (χ2n) is 5.89. The molecule has 0 aromatic heterocycles. The largest absolute Gasteiger partial charge is 0.0938 e. The summed E-state index contributed by atoms with van der Waals surface area (Å²) in [6.07, 6.45) is 2.29. The first-order chi connectivity index (χ1) is 9.05. The van der Waals surface area contributed by atoms with Crippen LogP contribution in [0.5, 0.6) is 0 Å². The maximum Gasteiger partial charge on any atom is 0.0760 e. The Labute approximate surface area is 117 Å². The minimum Gasteiger partial charge on any atom is -0.0938 e. The third-order valence-electron chi connectivity index (χ3n) is 3.31. The highest BCUT2D eigenvalue weighted by molar-refractivity contribution is 6.82. The Morgan fingerprint density at radius 2 is 1.53 bits per heavy atom. The van der Waals surface area contributed by atoms with E-state index in [-0.39, 0.29) is 0 Å². The summed E-state index contributed by atoms with van der Waals surface area (Å²) >= 11 is 0. The molecule has 0 nitrogen and oxygen atoms in total. The smallest absolute Gasteiger partial charge is 0.0760 e. The van der Waals surface area contributed by atoms with Crippen LogP contribution in [-0.4, -0.2) is 8.07 Å². The predicted molar refractivity (Wildman–Crippen MR) is 87.8 cm³/mol. The van der Waals surface area contributed by atoms with Crippen LogP contribution in [-0.2, 0) is 6.04 Å². The number of aryl methyl sites for hydroxylation is 1. The molecule has 0 atom stereocenters. The molecule has 0 unspecified atom stereocenters. The summed E-state index contributed by atoms with van der Waals surface area (Å²) in [6.45, 7) is 6.97. The lowest BCUT2D eigenvalue weighted by Gasteiger charge is -2.17. The van der Waals surface area contributed by atoms with Crippen molar-refractivity contribution < 1.29 is 0 Å². The van der Waals surface area contributed by atoms with Gasteiger partial charge in [-0.25, -0.2) is 0 Å². The summed E-state index contributed by atoms with van der Waals surface area (Å²) in [5.74, 6) is 0. The van der Waals surface area contributed by atoms with Crippen LogP contribution in [0.3, 0.4) is 0 Å². The molecule has 19 heavy (non-hydrogen) atoms. The normalized spacial score (nSPS) is 11.9. The molecule has 0 aliphatic heterocycles. The Kier molecular flexibility index (Phi) is 4.38. The minimum absolute atomic E-state index is 1.20. The maximum absolute atomic E-state index is 2.45. The van der Waals surface area contributed by atoms with Gasteiger partial charge in [-0.05, 0) is 18.5 Å². The maximum atomic E-state index is 2.45. The molecule has 0 fully saturated rings. The molecule has 0 saturated carbocycles. The van der Waals surface area contributed by atoms with E-state index in [0.29, 0.717) is 0 Å². The first-order valence-corrected chi connectivity index (χ1v) is 10.1. The fourth-order valence-corrected chi connectivity index (χ4v) is 4.23. The van der Waals surface area contributed by atoms with E-state index in [9.17, 15) is 0 Å². The molecule has 98 valence electrons. The monoisotopic (exact) mass is 266 g/mol. The SMILES string of the molecule is Cc1ccc(/C=C/[Si](C)(C)Cc2ccccc2)cc1. The summed E-state index contributed by atoms with van der Waals surface area (Å²) in [4.78, 5) is 0. The molecule has 0 amide bonds. The van der Waals surface area contributed by atoms with Gasteiger partial charge in [0.2, 0.25) is 0 Å². The van der Waals surface area contributed by atoms with Gasteiger partial charge in [0, 0.05) is 0 Å². The van der Waals surface area contributed by atoms with Gasteiger partial charge in [0.25, 0.3) is 0 Å². The Morgan fingerprint density at radius 1 is 0.895 bits per heavy atom. The van der Waals surface area contributed by atoms with Gasteiger partial charge in [0.05, 0.1) is 8.07 Å². The van der Waals surface area contributed by atoms with Crippen LogP contribution < -0.4 is 0 Å². The van der Waals surface area contributed by atoms with Crippen molar-refractivity contribution in [3.05, 3.63) is 77.0 Å². The zero-order valence-electron chi connectivity index (χ0n) is 12.1. The van der Waals surface area contributed by atoms with E-state index >= 15 is 0 Å². The summed E-state index contributed by atoms with van der Waals surface area (Å²) in [6, 6.07) is 20.7. The summed E-state index contributed by atoms with van der Waals surface area (Å²) in [5.41, 5.74) is 6.52. The van der Waals surface area contributed by atoms with Gasteiger partial charge in [-0.15, -0.1) is 0 Å². The first kappa shape index (κ1) is 13.8. The lowest BCUT2D eigenvalue weighted by atomic mass is 10.2. The van der Waals surface area contributed by atoms with E-state index in [0.717, 1.165) is 0 Å². The highest BCUT2D eigenvalue weighted by Crippen LogP contribution is 2.15. The van der Waals surface area contributed by atoms with E-state index in [2.05, 4.69) is 86.4 Å². The number of benzene rings is 2. The van der Waals surface area contributed by atoms with Crippen molar-refractivity contribution >= 4 is 14.1 Å². The van der Waals surface area contributed by atoms with E-state index < -0.39 is 8.07 Å². The van der Waals surface area contributed by atoms with Gasteiger partial charge in [0.15, 0.2) is 0 Å². The molecular weight excluding hydrogens is 244 g/mol. The van der Waals surface area contributed by atoms with Crippen LogP contribution >= 0.6 is 0 Å². The molecule has 0 N–H and O–H groups in total. The lowest BCUT2D eigenvalue weighted by molar-refractivity contribution is 1.32. The van der Waals surface area contributed by atoms with E-state index in [4.69, 9.17) is 0 Å². The first-order valence-electron chi connectivity index (χ1n) is 6.85. The fourth-order valence-electron chi connectivity index (χ4n) is 2.18. The summed E-state index contributed by atoms with van der Waals surface area (Å²) in [5, 5.41) is 0. The van der Waals surface area contributed by atoms with Crippen LogP contribution in [0.25, 0.3) is 6.08 Å². The second-order valence-corrected chi connectivity index (χ2v) is 10.6. The Morgan fingerprint density at radius 3 is 2.16 bits per heavy atom. The van der Waals surface area contributed by atoms with Gasteiger partial charge in [-0.1, -0.05) is 90.6 Å². The molecule has 0 spiro atoms. The Balaban J connectivity index is 2.06. The molecule has 1 heteroatoms. The van der Waals surface area contributed by atoms with Crippen molar-refractivity contribution in [2.24, 2.45) is 0 Å². The molecule has 2 rings (SSSR count). The highest BCUT2D eigenvalue weighted by Gasteiger charge is 2.17. The van der Waals surface area contributed by atoms with Crippen molar-refractivity contribution in [3.8, 4) is 0 Å². The molecule has 0 radical (unpaired) electrons.